The number of para-hydroxylation sites is 1. The summed E-state index contributed by atoms with van der Waals surface area (Å²) in [4.78, 5) is 43.1. The Labute approximate surface area is 245 Å². The molecular weight excluding hydrogens is 581 g/mol. The highest BCUT2D eigenvalue weighted by molar-refractivity contribution is 7.90. The van der Waals surface area contributed by atoms with Gasteiger partial charge in [-0.05, 0) is 49.5 Å². The largest absolute Gasteiger partial charge is 0.382 e. The van der Waals surface area contributed by atoms with Crippen molar-refractivity contribution in [1.82, 2.24) is 24.4 Å². The van der Waals surface area contributed by atoms with Crippen LogP contribution in [0.4, 0.5) is 16.0 Å². The lowest BCUT2D eigenvalue weighted by atomic mass is 10.1. The molecule has 1 saturated carbocycles. The molecule has 0 unspecified atom stereocenters. The summed E-state index contributed by atoms with van der Waals surface area (Å²) in [6.45, 7) is 6.44. The van der Waals surface area contributed by atoms with E-state index >= 15 is 4.39 Å². The number of carbonyl (C=O) groups is 1. The number of amides is 1. The van der Waals surface area contributed by atoms with Crippen LogP contribution in [0.25, 0.3) is 27.3 Å². The number of hydrogen-bond acceptors (Lipinski definition) is 10. The first-order valence-electron chi connectivity index (χ1n) is 13.3. The normalized spacial score (nSPS) is 17.5. The number of pyridine rings is 1. The highest BCUT2D eigenvalue weighted by atomic mass is 32.2. The summed E-state index contributed by atoms with van der Waals surface area (Å²) in [6, 6.07) is 5.89. The molecule has 6 rings (SSSR count). The van der Waals surface area contributed by atoms with E-state index in [0.717, 1.165) is 30.4 Å². The highest BCUT2D eigenvalue weighted by Gasteiger charge is 2.34. The van der Waals surface area contributed by atoms with Gasteiger partial charge in [0.25, 0.3) is 0 Å². The lowest BCUT2D eigenvalue weighted by Crippen LogP contribution is -2.54. The molecule has 218 valence electrons. The number of nitrogens with zero attached hydrogens (tertiary/aromatic N) is 6. The monoisotopic (exact) mass is 609 g/mol. The van der Waals surface area contributed by atoms with Crippen LogP contribution in [-0.4, -0.2) is 70.7 Å². The van der Waals surface area contributed by atoms with Gasteiger partial charge in [0.15, 0.2) is 21.3 Å². The van der Waals surface area contributed by atoms with Gasteiger partial charge in [0.2, 0.25) is 5.91 Å². The average Bonchev–Trinajstić information content (AvgIpc) is 3.71. The van der Waals surface area contributed by atoms with Gasteiger partial charge in [0.1, 0.15) is 17.3 Å². The molecule has 4 heterocycles. The van der Waals surface area contributed by atoms with E-state index in [0.29, 0.717) is 25.2 Å². The molecule has 42 heavy (non-hydrogen) atoms. The summed E-state index contributed by atoms with van der Waals surface area (Å²) in [7, 11) is -3.79. The van der Waals surface area contributed by atoms with Gasteiger partial charge in [-0.25, -0.2) is 32.1 Å². The Balaban J connectivity index is 1.66. The predicted molar refractivity (Wildman–Crippen MR) is 159 cm³/mol. The van der Waals surface area contributed by atoms with Crippen molar-refractivity contribution >= 4 is 49.8 Å². The van der Waals surface area contributed by atoms with E-state index in [4.69, 9.17) is 5.73 Å². The van der Waals surface area contributed by atoms with Gasteiger partial charge in [0.05, 0.1) is 26.4 Å². The molecule has 1 aliphatic carbocycles. The number of benzene rings is 1. The molecule has 1 aliphatic heterocycles. The summed E-state index contributed by atoms with van der Waals surface area (Å²) in [5, 5.41) is 0.222. The van der Waals surface area contributed by atoms with Crippen LogP contribution in [0.5, 0.6) is 0 Å². The number of piperazine rings is 1. The number of nitrogen functional groups attached to an aromatic ring is 1. The number of fused-ring (bicyclic) bond motifs is 1. The van der Waals surface area contributed by atoms with Crippen LogP contribution in [0.3, 0.4) is 0 Å². The van der Waals surface area contributed by atoms with Crippen molar-refractivity contribution in [2.75, 3.05) is 36.5 Å². The van der Waals surface area contributed by atoms with Crippen molar-refractivity contribution in [3.63, 3.8) is 0 Å². The zero-order chi connectivity index (χ0) is 29.9. The zero-order valence-electron chi connectivity index (χ0n) is 22.9. The average molecular weight is 610 g/mol. The lowest BCUT2D eigenvalue weighted by Gasteiger charge is -2.40. The van der Waals surface area contributed by atoms with Crippen molar-refractivity contribution < 1.29 is 17.6 Å². The molecule has 1 aromatic carbocycles. The first-order chi connectivity index (χ1) is 20.0. The molecule has 2 fully saturated rings. The van der Waals surface area contributed by atoms with Gasteiger partial charge in [-0.3, -0.25) is 4.79 Å². The predicted octanol–water partition coefficient (Wildman–Crippen LogP) is 3.13. The second-order valence-corrected chi connectivity index (χ2v) is 13.4. The molecule has 3 aromatic heterocycles. The molecule has 1 amide bonds. The van der Waals surface area contributed by atoms with Crippen LogP contribution in [0, 0.1) is 5.82 Å². The fourth-order valence-electron chi connectivity index (χ4n) is 5.52. The minimum Gasteiger partial charge on any atom is -0.382 e. The lowest BCUT2D eigenvalue weighted by molar-refractivity contribution is -0.126. The molecule has 2 aliphatic rings. The summed E-state index contributed by atoms with van der Waals surface area (Å²) < 4.78 is 43.0. The Morgan fingerprint density at radius 1 is 1.24 bits per heavy atom. The molecule has 1 saturated heterocycles. The summed E-state index contributed by atoms with van der Waals surface area (Å²) >= 11 is 1.10. The van der Waals surface area contributed by atoms with E-state index in [-0.39, 0.29) is 61.7 Å². The van der Waals surface area contributed by atoms with Crippen molar-refractivity contribution in [2.45, 2.75) is 36.6 Å². The molecular formula is C28H28FN7O4S2. The van der Waals surface area contributed by atoms with E-state index in [9.17, 15) is 18.0 Å². The molecule has 0 radical (unpaired) electrons. The van der Waals surface area contributed by atoms with Crippen molar-refractivity contribution in [3.05, 3.63) is 64.3 Å². The number of carbonyl (C=O) groups excluding carboxylic acids is 1. The maximum atomic E-state index is 15.8. The van der Waals surface area contributed by atoms with Crippen LogP contribution in [0.2, 0.25) is 0 Å². The number of aromatic nitrogens is 4. The van der Waals surface area contributed by atoms with Crippen molar-refractivity contribution in [3.8, 4) is 16.3 Å². The fourth-order valence-corrected chi connectivity index (χ4v) is 7.11. The van der Waals surface area contributed by atoms with E-state index in [1.807, 2.05) is 11.8 Å². The minimum atomic E-state index is -3.79. The molecule has 14 heteroatoms. The van der Waals surface area contributed by atoms with E-state index < -0.39 is 21.3 Å². The van der Waals surface area contributed by atoms with E-state index in [1.54, 1.807) is 17.0 Å². The molecule has 1 atom stereocenters. The molecule has 0 bridgehead atoms. The fraction of sp³-hybridized carbons (Fsp3) is 0.321. The molecule has 2 N–H and O–H groups in total. The molecule has 4 aromatic rings. The van der Waals surface area contributed by atoms with Gasteiger partial charge in [-0.1, -0.05) is 18.7 Å². The van der Waals surface area contributed by atoms with Gasteiger partial charge >= 0.3 is 5.69 Å². The number of rotatable bonds is 6. The van der Waals surface area contributed by atoms with Crippen molar-refractivity contribution in [1.29, 1.82) is 0 Å². The second kappa shape index (κ2) is 10.3. The summed E-state index contributed by atoms with van der Waals surface area (Å²) in [5.74, 6) is -0.556. The van der Waals surface area contributed by atoms with E-state index in [1.165, 1.54) is 28.3 Å². The Bertz CT molecular complexity index is 1930. The third-order valence-corrected chi connectivity index (χ3v) is 9.65. The first kappa shape index (κ1) is 28.0. The highest BCUT2D eigenvalue weighted by Crippen LogP contribution is 2.45. The van der Waals surface area contributed by atoms with Gasteiger partial charge in [-0.2, -0.15) is 4.98 Å². The van der Waals surface area contributed by atoms with Gasteiger partial charge in [-0.15, -0.1) is 11.3 Å². The third-order valence-electron chi connectivity index (χ3n) is 7.67. The minimum absolute atomic E-state index is 0.0419. The molecule has 0 spiro atoms. The van der Waals surface area contributed by atoms with Crippen molar-refractivity contribution in [2.24, 2.45) is 0 Å². The SMILES string of the molecule is C=CC(=O)N1CCN(c2nc(=O)n(-c3c(C4CC4)cccc3S(C)(=O)=O)c3nc(-c4scnc4N)c(F)cc23)[C@@H](C)C1. The molecule has 11 nitrogen and oxygen atoms in total. The van der Waals surface area contributed by atoms with Gasteiger partial charge < -0.3 is 15.5 Å². The smallest absolute Gasteiger partial charge is 0.355 e. The van der Waals surface area contributed by atoms with Gasteiger partial charge in [0, 0.05) is 31.9 Å². The van der Waals surface area contributed by atoms with E-state index in [2.05, 4.69) is 21.5 Å². The quantitative estimate of drug-likeness (QED) is 0.326. The van der Waals surface area contributed by atoms with Crippen LogP contribution < -0.4 is 16.3 Å². The van der Waals surface area contributed by atoms with Crippen LogP contribution in [-0.2, 0) is 14.6 Å². The number of halogens is 1. The maximum Gasteiger partial charge on any atom is 0.355 e. The number of hydrogen-bond donors (Lipinski definition) is 1. The van der Waals surface area contributed by atoms with Crippen LogP contribution in [0.15, 0.2) is 52.1 Å². The number of nitrogens with two attached hydrogens (primary N) is 1. The second-order valence-electron chi connectivity index (χ2n) is 10.6. The van der Waals surface area contributed by atoms with Crippen LogP contribution in [0.1, 0.15) is 31.2 Å². The number of thiazole rings is 1. The summed E-state index contributed by atoms with van der Waals surface area (Å²) in [6.07, 6.45) is 4.02. The number of sulfone groups is 1. The zero-order valence-corrected chi connectivity index (χ0v) is 24.6. The summed E-state index contributed by atoms with van der Waals surface area (Å²) in [5.41, 5.74) is 7.53. The Morgan fingerprint density at radius 2 is 2.00 bits per heavy atom. The first-order valence-corrected chi connectivity index (χ1v) is 16.1. The maximum absolute atomic E-state index is 15.8. The Hall–Kier alpha value is -4.17. The Morgan fingerprint density at radius 3 is 2.62 bits per heavy atom. The number of anilines is 2. The standard InChI is InChI=1S/C28H28FN7O4S2/c1-4-21(37)34-10-11-35(15(2)13-34)26-18-12-19(29)22(24-25(30)31-14-41-24)32-27(18)36(28(38)33-26)23-17(16-8-9-16)6-5-7-20(23)42(3,39)40/h4-7,12,14-16H,1,8-11,13,30H2,2-3H3/t15-/m0/s1. The third kappa shape index (κ3) is 4.73. The van der Waals surface area contributed by atoms with Crippen LogP contribution >= 0.6 is 11.3 Å². The Kier molecular flexibility index (Phi) is 6.84. The topological polar surface area (TPSA) is 144 Å².